The van der Waals surface area contributed by atoms with E-state index in [1.165, 1.54) is 77.0 Å². The van der Waals surface area contributed by atoms with Gasteiger partial charge >= 0.3 is 0 Å². The lowest BCUT2D eigenvalue weighted by Crippen LogP contribution is -2.08. The van der Waals surface area contributed by atoms with Gasteiger partial charge in [0.05, 0.1) is 27.8 Å². The van der Waals surface area contributed by atoms with Crippen LogP contribution in [0.1, 0.15) is 5.56 Å². The topological polar surface area (TPSA) is 19.1 Å². The molecular weight excluding hydrogens is 633 g/mol. The molecule has 10 aromatic rings. The summed E-state index contributed by atoms with van der Waals surface area (Å²) >= 11 is 0. The van der Waals surface area contributed by atoms with Gasteiger partial charge < -0.3 is 13.9 Å². The summed E-state index contributed by atoms with van der Waals surface area (Å²) in [6.07, 6.45) is 0. The SMILES string of the molecule is c1ccc(-c2ccc3c(c2)c2ccc(-c4ccc5c(c4)c4ccccc4n5-c4cccc5c4-c4ccccc4CO5)cc2n3-c2ccccc2)cc1. The van der Waals surface area contributed by atoms with Gasteiger partial charge in [-0.2, -0.15) is 0 Å². The molecule has 0 fully saturated rings. The van der Waals surface area contributed by atoms with Crippen LogP contribution in [-0.4, -0.2) is 9.13 Å². The lowest BCUT2D eigenvalue weighted by atomic mass is 9.95. The molecule has 11 rings (SSSR count). The minimum Gasteiger partial charge on any atom is -0.488 e. The van der Waals surface area contributed by atoms with Gasteiger partial charge in [-0.15, -0.1) is 0 Å². The van der Waals surface area contributed by atoms with Gasteiger partial charge in [-0.1, -0.05) is 121 Å². The minimum absolute atomic E-state index is 0.588. The summed E-state index contributed by atoms with van der Waals surface area (Å²) < 4.78 is 11.1. The monoisotopic (exact) mass is 664 g/mol. The van der Waals surface area contributed by atoms with Crippen LogP contribution in [0.25, 0.3) is 88.4 Å². The Hall–Kier alpha value is -6.84. The fourth-order valence-electron chi connectivity index (χ4n) is 8.42. The Morgan fingerprint density at radius 1 is 0.385 bits per heavy atom. The van der Waals surface area contributed by atoms with Crippen LogP contribution < -0.4 is 4.74 Å². The maximum Gasteiger partial charge on any atom is 0.129 e. The molecule has 0 saturated carbocycles. The molecule has 1 aliphatic rings. The highest BCUT2D eigenvalue weighted by Crippen LogP contribution is 2.45. The number of nitrogens with zero attached hydrogens (tertiary/aromatic N) is 2. The van der Waals surface area contributed by atoms with Crippen LogP contribution in [-0.2, 0) is 6.61 Å². The summed E-state index contributed by atoms with van der Waals surface area (Å²) in [4.78, 5) is 0. The van der Waals surface area contributed by atoms with Crippen molar-refractivity contribution in [2.45, 2.75) is 6.61 Å². The van der Waals surface area contributed by atoms with Crippen molar-refractivity contribution in [2.24, 2.45) is 0 Å². The van der Waals surface area contributed by atoms with E-state index in [0.29, 0.717) is 6.61 Å². The van der Waals surface area contributed by atoms with Crippen molar-refractivity contribution in [1.82, 2.24) is 9.13 Å². The third-order valence-corrected chi connectivity index (χ3v) is 10.8. The fraction of sp³-hybridized carbons (Fsp3) is 0.0204. The highest BCUT2D eigenvalue weighted by atomic mass is 16.5. The Kier molecular flexibility index (Phi) is 6.31. The van der Waals surface area contributed by atoms with E-state index in [1.807, 2.05) is 0 Å². The molecule has 3 nitrogen and oxygen atoms in total. The molecule has 3 heteroatoms. The predicted molar refractivity (Wildman–Crippen MR) is 216 cm³/mol. The number of hydrogen-bond acceptors (Lipinski definition) is 1. The standard InChI is InChI=1S/C49H32N2O/c1-3-12-32(13-4-1)33-23-26-44-42(28-33)40-25-22-35(30-47(40)50(44)37-15-5-2-6-16-37)34-24-27-45-41(29-34)39-18-9-10-19-43(39)51(45)46-20-11-21-48-49(46)38-17-8-7-14-36(38)31-52-48/h1-30H,31H2. The zero-order chi connectivity index (χ0) is 34.2. The van der Waals surface area contributed by atoms with E-state index < -0.39 is 0 Å². The molecule has 3 heterocycles. The van der Waals surface area contributed by atoms with E-state index in [0.717, 1.165) is 22.7 Å². The van der Waals surface area contributed by atoms with Gasteiger partial charge in [0.1, 0.15) is 12.4 Å². The molecule has 8 aromatic carbocycles. The van der Waals surface area contributed by atoms with Gasteiger partial charge in [0.15, 0.2) is 0 Å². The lowest BCUT2D eigenvalue weighted by Gasteiger charge is -2.24. The van der Waals surface area contributed by atoms with Crippen molar-refractivity contribution in [3.63, 3.8) is 0 Å². The number of ether oxygens (including phenoxy) is 1. The molecule has 0 atom stereocenters. The summed E-state index contributed by atoms with van der Waals surface area (Å²) in [6, 6.07) is 65.9. The van der Waals surface area contributed by atoms with Gasteiger partial charge in [-0.25, -0.2) is 0 Å². The second kappa shape index (κ2) is 11.3. The Labute approximate surface area is 301 Å². The van der Waals surface area contributed by atoms with Gasteiger partial charge in [0.2, 0.25) is 0 Å². The molecule has 244 valence electrons. The first-order valence-corrected chi connectivity index (χ1v) is 17.9. The van der Waals surface area contributed by atoms with E-state index >= 15 is 0 Å². The van der Waals surface area contributed by atoms with E-state index in [4.69, 9.17) is 4.74 Å². The Balaban J connectivity index is 1.12. The minimum atomic E-state index is 0.588. The number of hydrogen-bond donors (Lipinski definition) is 0. The van der Waals surface area contributed by atoms with Crippen LogP contribution in [0.2, 0.25) is 0 Å². The van der Waals surface area contributed by atoms with E-state index in [1.54, 1.807) is 0 Å². The maximum absolute atomic E-state index is 6.30. The molecule has 0 bridgehead atoms. The maximum atomic E-state index is 6.30. The molecule has 1 aliphatic heterocycles. The Morgan fingerprint density at radius 2 is 1.00 bits per heavy atom. The molecule has 0 spiro atoms. The molecular formula is C49H32N2O. The first-order valence-electron chi connectivity index (χ1n) is 17.9. The third kappa shape index (κ3) is 4.33. The van der Waals surface area contributed by atoms with Gasteiger partial charge in [0.25, 0.3) is 0 Å². The first-order chi connectivity index (χ1) is 25.8. The Morgan fingerprint density at radius 3 is 1.83 bits per heavy atom. The van der Waals surface area contributed by atoms with Crippen molar-refractivity contribution in [3.05, 3.63) is 188 Å². The Bertz CT molecular complexity index is 3010. The van der Waals surface area contributed by atoms with E-state index in [9.17, 15) is 0 Å². The lowest BCUT2D eigenvalue weighted by molar-refractivity contribution is 0.302. The van der Waals surface area contributed by atoms with Gasteiger partial charge in [-0.3, -0.25) is 0 Å². The van der Waals surface area contributed by atoms with Crippen molar-refractivity contribution >= 4 is 43.6 Å². The van der Waals surface area contributed by atoms with Gasteiger partial charge in [-0.05, 0) is 94.0 Å². The van der Waals surface area contributed by atoms with Crippen molar-refractivity contribution < 1.29 is 4.74 Å². The first kappa shape index (κ1) is 28.9. The molecule has 0 unspecified atom stereocenters. The summed E-state index contributed by atoms with van der Waals surface area (Å²) in [5.74, 6) is 0.928. The van der Waals surface area contributed by atoms with Crippen LogP contribution in [0.3, 0.4) is 0 Å². The van der Waals surface area contributed by atoms with Crippen molar-refractivity contribution in [2.75, 3.05) is 0 Å². The summed E-state index contributed by atoms with van der Waals surface area (Å²) in [5.41, 5.74) is 15.5. The molecule has 0 amide bonds. The average molecular weight is 665 g/mol. The van der Waals surface area contributed by atoms with Crippen molar-refractivity contribution in [1.29, 1.82) is 0 Å². The number of benzene rings is 8. The van der Waals surface area contributed by atoms with Crippen molar-refractivity contribution in [3.8, 4) is 50.5 Å². The normalized spacial score (nSPS) is 12.3. The number of fused-ring (bicyclic) bond motifs is 9. The summed E-state index contributed by atoms with van der Waals surface area (Å²) in [6.45, 7) is 0.588. The van der Waals surface area contributed by atoms with Crippen LogP contribution in [0.4, 0.5) is 0 Å². The summed E-state index contributed by atoms with van der Waals surface area (Å²) in [5, 5.41) is 4.96. The molecule has 0 saturated heterocycles. The molecule has 0 aliphatic carbocycles. The highest BCUT2D eigenvalue weighted by Gasteiger charge is 2.23. The third-order valence-electron chi connectivity index (χ3n) is 10.8. The zero-order valence-corrected chi connectivity index (χ0v) is 28.3. The number of rotatable bonds is 4. The van der Waals surface area contributed by atoms with Crippen LogP contribution in [0.15, 0.2) is 182 Å². The second-order valence-corrected chi connectivity index (χ2v) is 13.7. The summed E-state index contributed by atoms with van der Waals surface area (Å²) in [7, 11) is 0. The van der Waals surface area contributed by atoms with E-state index in [-0.39, 0.29) is 0 Å². The fourth-order valence-corrected chi connectivity index (χ4v) is 8.42. The molecule has 0 N–H and O–H groups in total. The van der Waals surface area contributed by atoms with E-state index in [2.05, 4.69) is 191 Å². The van der Waals surface area contributed by atoms with Crippen LogP contribution in [0, 0.1) is 0 Å². The average Bonchev–Trinajstić information content (AvgIpc) is 3.73. The molecule has 2 aromatic heterocycles. The molecule has 0 radical (unpaired) electrons. The second-order valence-electron chi connectivity index (χ2n) is 13.7. The smallest absolute Gasteiger partial charge is 0.129 e. The number of para-hydroxylation sites is 2. The quantitative estimate of drug-likeness (QED) is 0.183. The zero-order valence-electron chi connectivity index (χ0n) is 28.3. The number of aromatic nitrogens is 2. The van der Waals surface area contributed by atoms with Crippen LogP contribution in [0.5, 0.6) is 5.75 Å². The molecule has 52 heavy (non-hydrogen) atoms. The van der Waals surface area contributed by atoms with Gasteiger partial charge in [0, 0.05) is 32.8 Å². The largest absolute Gasteiger partial charge is 0.488 e. The van der Waals surface area contributed by atoms with Crippen LogP contribution >= 0.6 is 0 Å². The predicted octanol–water partition coefficient (Wildman–Crippen LogP) is 12.8. The highest BCUT2D eigenvalue weighted by molar-refractivity contribution is 6.13.